The molecule has 29 heavy (non-hydrogen) atoms. The average molecular weight is 416 g/mol. The smallest absolute Gasteiger partial charge is 0.259 e. The number of anilines is 2. The van der Waals surface area contributed by atoms with Gasteiger partial charge in [0.2, 0.25) is 0 Å². The standard InChI is InChI=1S/C20H21FN4O3S/c1-10-16-19(23-9-24-20(16)29-17(10)18(22)27)25-14-6-5-11(21)7-15(14)28-13-4-2-3-12(26)8-13/h5-7,9,12-13,26H,2-4,8H2,1H3,(H2,22,27)(H,23,24,25). The minimum absolute atomic E-state index is 0.184. The number of aliphatic hydroxyl groups excluding tert-OH is 1. The van der Waals surface area contributed by atoms with Crippen LogP contribution < -0.4 is 15.8 Å². The molecule has 1 aromatic carbocycles. The Morgan fingerprint density at radius 3 is 2.97 bits per heavy atom. The number of aromatic nitrogens is 2. The van der Waals surface area contributed by atoms with Crippen LogP contribution in [0.3, 0.4) is 0 Å². The summed E-state index contributed by atoms with van der Waals surface area (Å²) in [7, 11) is 0. The molecule has 1 amide bonds. The summed E-state index contributed by atoms with van der Waals surface area (Å²) in [4.78, 5) is 21.3. The highest BCUT2D eigenvalue weighted by Gasteiger charge is 2.23. The number of carbonyl (C=O) groups excluding carboxylic acids is 1. The van der Waals surface area contributed by atoms with Gasteiger partial charge in [-0.2, -0.15) is 0 Å². The average Bonchev–Trinajstić information content (AvgIpc) is 3.02. The van der Waals surface area contributed by atoms with Crippen LogP contribution in [-0.2, 0) is 0 Å². The van der Waals surface area contributed by atoms with E-state index in [0.29, 0.717) is 44.3 Å². The lowest BCUT2D eigenvalue weighted by Crippen LogP contribution is -2.28. The molecular formula is C20H21FN4O3S. The zero-order valence-corrected chi connectivity index (χ0v) is 16.6. The summed E-state index contributed by atoms with van der Waals surface area (Å²) in [6.45, 7) is 1.79. The summed E-state index contributed by atoms with van der Waals surface area (Å²) in [6, 6.07) is 4.23. The van der Waals surface area contributed by atoms with Crippen molar-refractivity contribution in [3.63, 3.8) is 0 Å². The molecule has 7 nitrogen and oxygen atoms in total. The third-order valence-corrected chi connectivity index (χ3v) is 6.25. The molecule has 2 unspecified atom stereocenters. The van der Waals surface area contributed by atoms with Crippen molar-refractivity contribution in [2.75, 3.05) is 5.32 Å². The first-order valence-corrected chi connectivity index (χ1v) is 10.2. The Kier molecular flexibility index (Phi) is 5.33. The van der Waals surface area contributed by atoms with Crippen LogP contribution in [0.1, 0.15) is 40.9 Å². The molecule has 0 radical (unpaired) electrons. The highest BCUT2D eigenvalue weighted by molar-refractivity contribution is 7.20. The summed E-state index contributed by atoms with van der Waals surface area (Å²) in [6.07, 6.45) is 3.74. The number of rotatable bonds is 5. The van der Waals surface area contributed by atoms with Crippen LogP contribution in [0.4, 0.5) is 15.9 Å². The summed E-state index contributed by atoms with van der Waals surface area (Å²) in [5.74, 6) is -0.106. The van der Waals surface area contributed by atoms with E-state index in [1.165, 1.54) is 29.8 Å². The fraction of sp³-hybridized carbons (Fsp3) is 0.350. The van der Waals surface area contributed by atoms with Gasteiger partial charge in [-0.05, 0) is 43.9 Å². The van der Waals surface area contributed by atoms with E-state index in [2.05, 4.69) is 15.3 Å². The van der Waals surface area contributed by atoms with E-state index in [1.807, 2.05) is 0 Å². The normalized spacial score (nSPS) is 19.3. The van der Waals surface area contributed by atoms with Gasteiger partial charge < -0.3 is 20.9 Å². The molecule has 3 aromatic rings. The number of nitrogens with two attached hydrogens (primary N) is 1. The first-order chi connectivity index (χ1) is 13.9. The Bertz CT molecular complexity index is 1070. The summed E-state index contributed by atoms with van der Waals surface area (Å²) in [5.41, 5.74) is 6.69. The topological polar surface area (TPSA) is 110 Å². The van der Waals surface area contributed by atoms with Gasteiger partial charge in [-0.1, -0.05) is 0 Å². The lowest BCUT2D eigenvalue weighted by Gasteiger charge is -2.27. The third-order valence-electron chi connectivity index (χ3n) is 5.04. The van der Waals surface area contributed by atoms with Gasteiger partial charge in [0.05, 0.1) is 22.1 Å². The second-order valence-electron chi connectivity index (χ2n) is 7.15. The summed E-state index contributed by atoms with van der Waals surface area (Å²) >= 11 is 1.21. The van der Waals surface area contributed by atoms with E-state index in [0.717, 1.165) is 19.3 Å². The molecule has 152 valence electrons. The number of primary amides is 1. The van der Waals surface area contributed by atoms with E-state index in [9.17, 15) is 14.3 Å². The highest BCUT2D eigenvalue weighted by atomic mass is 32.1. The van der Waals surface area contributed by atoms with Gasteiger partial charge in [-0.15, -0.1) is 11.3 Å². The number of aryl methyl sites for hydroxylation is 1. The number of hydrogen-bond donors (Lipinski definition) is 3. The molecule has 0 aliphatic heterocycles. The van der Waals surface area contributed by atoms with Gasteiger partial charge in [0.15, 0.2) is 0 Å². The van der Waals surface area contributed by atoms with Crippen molar-refractivity contribution in [1.29, 1.82) is 0 Å². The van der Waals surface area contributed by atoms with Crippen LogP contribution in [0.15, 0.2) is 24.5 Å². The van der Waals surface area contributed by atoms with Crippen molar-refractivity contribution in [2.24, 2.45) is 5.73 Å². The lowest BCUT2D eigenvalue weighted by molar-refractivity contribution is 0.0538. The fourth-order valence-electron chi connectivity index (χ4n) is 3.63. The van der Waals surface area contributed by atoms with Gasteiger partial charge in [-0.25, -0.2) is 14.4 Å². The predicted octanol–water partition coefficient (Wildman–Crippen LogP) is 3.66. The van der Waals surface area contributed by atoms with Crippen LogP contribution in [0, 0.1) is 12.7 Å². The zero-order chi connectivity index (χ0) is 20.5. The first kappa shape index (κ1) is 19.5. The second-order valence-corrected chi connectivity index (χ2v) is 8.15. The number of benzene rings is 1. The molecule has 2 aromatic heterocycles. The van der Waals surface area contributed by atoms with Gasteiger partial charge in [0.25, 0.3) is 5.91 Å². The first-order valence-electron chi connectivity index (χ1n) is 9.37. The molecule has 0 saturated heterocycles. The molecule has 0 spiro atoms. The van der Waals surface area contributed by atoms with Crippen molar-refractivity contribution in [1.82, 2.24) is 9.97 Å². The van der Waals surface area contributed by atoms with E-state index in [1.54, 1.807) is 13.0 Å². The number of amides is 1. The monoisotopic (exact) mass is 416 g/mol. The van der Waals surface area contributed by atoms with Crippen molar-refractivity contribution in [2.45, 2.75) is 44.8 Å². The van der Waals surface area contributed by atoms with Crippen molar-refractivity contribution in [3.05, 3.63) is 40.8 Å². The summed E-state index contributed by atoms with van der Waals surface area (Å²) < 4.78 is 19.9. The molecule has 4 rings (SSSR count). The molecule has 9 heteroatoms. The molecule has 2 heterocycles. The lowest BCUT2D eigenvalue weighted by atomic mass is 9.95. The minimum atomic E-state index is -0.516. The number of carbonyl (C=O) groups is 1. The Hall–Kier alpha value is -2.78. The van der Waals surface area contributed by atoms with Crippen LogP contribution >= 0.6 is 11.3 Å². The molecule has 1 fully saturated rings. The quantitative estimate of drug-likeness (QED) is 0.585. The number of hydrogen-bond acceptors (Lipinski definition) is 7. The van der Waals surface area contributed by atoms with Gasteiger partial charge >= 0.3 is 0 Å². The maximum atomic E-state index is 13.9. The van der Waals surface area contributed by atoms with E-state index in [4.69, 9.17) is 10.5 Å². The molecule has 4 N–H and O–H groups in total. The number of thiophene rings is 1. The summed E-state index contributed by atoms with van der Waals surface area (Å²) in [5, 5.41) is 13.8. The Balaban J connectivity index is 1.69. The van der Waals surface area contributed by atoms with Crippen LogP contribution in [0.5, 0.6) is 5.75 Å². The van der Waals surface area contributed by atoms with E-state index in [-0.39, 0.29) is 6.10 Å². The number of fused-ring (bicyclic) bond motifs is 1. The van der Waals surface area contributed by atoms with Crippen molar-refractivity contribution >= 4 is 39.0 Å². The minimum Gasteiger partial charge on any atom is -0.488 e. The van der Waals surface area contributed by atoms with Gasteiger partial charge in [-0.3, -0.25) is 4.79 Å². The van der Waals surface area contributed by atoms with Crippen LogP contribution in [-0.4, -0.2) is 33.2 Å². The SMILES string of the molecule is Cc1c(C(N)=O)sc2ncnc(Nc3ccc(F)cc3OC3CCCC(O)C3)c12. The van der Waals surface area contributed by atoms with E-state index < -0.39 is 17.8 Å². The third kappa shape index (κ3) is 4.01. The van der Waals surface area contributed by atoms with Crippen LogP contribution in [0.25, 0.3) is 10.2 Å². The zero-order valence-electron chi connectivity index (χ0n) is 15.8. The highest BCUT2D eigenvalue weighted by Crippen LogP contribution is 2.37. The largest absolute Gasteiger partial charge is 0.488 e. The number of halogens is 1. The van der Waals surface area contributed by atoms with E-state index >= 15 is 0 Å². The molecule has 1 aliphatic carbocycles. The number of nitrogens with one attached hydrogen (secondary N) is 1. The molecule has 2 atom stereocenters. The van der Waals surface area contributed by atoms with Gasteiger partial charge in [0, 0.05) is 12.5 Å². The number of ether oxygens (including phenoxy) is 1. The number of aliphatic hydroxyl groups is 1. The second kappa shape index (κ2) is 7.92. The molecule has 1 saturated carbocycles. The maximum absolute atomic E-state index is 13.9. The predicted molar refractivity (Wildman–Crippen MR) is 109 cm³/mol. The Morgan fingerprint density at radius 1 is 1.38 bits per heavy atom. The van der Waals surface area contributed by atoms with Crippen molar-refractivity contribution < 1.29 is 19.0 Å². The molecular weight excluding hydrogens is 395 g/mol. The Labute approximate surface area is 170 Å². The van der Waals surface area contributed by atoms with Crippen LogP contribution in [0.2, 0.25) is 0 Å². The van der Waals surface area contributed by atoms with Crippen molar-refractivity contribution in [3.8, 4) is 5.75 Å². The maximum Gasteiger partial charge on any atom is 0.259 e. The number of nitrogens with zero attached hydrogens (tertiary/aromatic N) is 2. The Morgan fingerprint density at radius 2 is 2.21 bits per heavy atom. The molecule has 0 bridgehead atoms. The van der Waals surface area contributed by atoms with Gasteiger partial charge in [0.1, 0.15) is 34.6 Å². The fourth-order valence-corrected chi connectivity index (χ4v) is 4.63. The molecule has 1 aliphatic rings.